The van der Waals surface area contributed by atoms with Gasteiger partial charge in [0, 0.05) is 13.7 Å². The Balaban J connectivity index is 2.60. The molecule has 8 heteroatoms. The first-order valence-electron chi connectivity index (χ1n) is 5.37. The number of esters is 1. The van der Waals surface area contributed by atoms with E-state index in [9.17, 15) is 9.59 Å². The van der Waals surface area contributed by atoms with E-state index in [0.29, 0.717) is 13.2 Å². The molecule has 1 aromatic heterocycles. The maximum absolute atomic E-state index is 11.7. The second kappa shape index (κ2) is 6.70. The largest absolute Gasteiger partial charge is 0.464 e. The summed E-state index contributed by atoms with van der Waals surface area (Å²) in [7, 11) is 2.80. The Kier molecular flexibility index (Phi) is 5.25. The Morgan fingerprint density at radius 2 is 2.22 bits per heavy atom. The van der Waals surface area contributed by atoms with E-state index in [1.165, 1.54) is 18.0 Å². The number of hydrogen-bond acceptors (Lipinski definition) is 6. The van der Waals surface area contributed by atoms with Gasteiger partial charge in [-0.15, -0.1) is 5.10 Å². The van der Waals surface area contributed by atoms with Crippen molar-refractivity contribution in [3.63, 3.8) is 0 Å². The third-order valence-corrected chi connectivity index (χ3v) is 2.29. The Hall–Kier alpha value is -1.96. The summed E-state index contributed by atoms with van der Waals surface area (Å²) in [4.78, 5) is 22.9. The molecule has 0 aliphatic carbocycles. The second-order valence-corrected chi connectivity index (χ2v) is 3.54. The summed E-state index contributed by atoms with van der Waals surface area (Å²) in [6, 6.07) is -0.562. The van der Waals surface area contributed by atoms with Gasteiger partial charge in [0.1, 0.15) is 6.04 Å². The Bertz CT molecular complexity index is 418. The van der Waals surface area contributed by atoms with Crippen molar-refractivity contribution in [2.75, 3.05) is 27.4 Å². The summed E-state index contributed by atoms with van der Waals surface area (Å²) in [5.74, 6) is -0.818. The number of carbonyl (C=O) groups is 2. The summed E-state index contributed by atoms with van der Waals surface area (Å²) in [5.41, 5.74) is 0.0639. The van der Waals surface area contributed by atoms with Crippen LogP contribution in [0.15, 0.2) is 6.20 Å². The molecular weight excluding hydrogens is 240 g/mol. The van der Waals surface area contributed by atoms with Gasteiger partial charge in [0.2, 0.25) is 5.91 Å². The van der Waals surface area contributed by atoms with E-state index in [0.717, 1.165) is 0 Å². The summed E-state index contributed by atoms with van der Waals surface area (Å²) in [5, 5.41) is 9.99. The van der Waals surface area contributed by atoms with Crippen LogP contribution >= 0.6 is 0 Å². The van der Waals surface area contributed by atoms with Gasteiger partial charge in [0.15, 0.2) is 5.69 Å². The van der Waals surface area contributed by atoms with E-state index < -0.39 is 12.0 Å². The molecule has 0 fully saturated rings. The van der Waals surface area contributed by atoms with Gasteiger partial charge in [-0.1, -0.05) is 5.21 Å². The van der Waals surface area contributed by atoms with Crippen LogP contribution in [0.2, 0.25) is 0 Å². The van der Waals surface area contributed by atoms with Crippen LogP contribution in [0.1, 0.15) is 23.5 Å². The molecule has 1 unspecified atom stereocenters. The third-order valence-electron chi connectivity index (χ3n) is 2.29. The minimum absolute atomic E-state index is 0.0639. The number of rotatable bonds is 6. The molecule has 8 nitrogen and oxygen atoms in total. The molecule has 0 radical (unpaired) electrons. The lowest BCUT2D eigenvalue weighted by Crippen LogP contribution is -2.33. The zero-order valence-corrected chi connectivity index (χ0v) is 10.5. The van der Waals surface area contributed by atoms with E-state index in [4.69, 9.17) is 4.74 Å². The van der Waals surface area contributed by atoms with Crippen molar-refractivity contribution >= 4 is 11.9 Å². The van der Waals surface area contributed by atoms with Gasteiger partial charge in [0.05, 0.1) is 19.9 Å². The lowest BCUT2D eigenvalue weighted by Gasteiger charge is -2.11. The molecule has 0 saturated heterocycles. The molecule has 1 atom stereocenters. The average Bonchev–Trinajstić information content (AvgIpc) is 2.86. The van der Waals surface area contributed by atoms with Crippen molar-refractivity contribution in [2.45, 2.75) is 13.0 Å². The Morgan fingerprint density at radius 1 is 1.50 bits per heavy atom. The second-order valence-electron chi connectivity index (χ2n) is 3.54. The molecule has 0 saturated carbocycles. The third kappa shape index (κ3) is 3.52. The normalized spacial score (nSPS) is 11.9. The van der Waals surface area contributed by atoms with Gasteiger partial charge < -0.3 is 14.8 Å². The number of nitrogens with one attached hydrogen (secondary N) is 1. The molecule has 0 aliphatic heterocycles. The van der Waals surface area contributed by atoms with Gasteiger partial charge in [-0.3, -0.25) is 4.79 Å². The van der Waals surface area contributed by atoms with Crippen LogP contribution in [0.3, 0.4) is 0 Å². The van der Waals surface area contributed by atoms with E-state index in [1.807, 2.05) is 0 Å². The monoisotopic (exact) mass is 256 g/mol. The van der Waals surface area contributed by atoms with Crippen molar-refractivity contribution in [1.82, 2.24) is 20.3 Å². The molecular formula is C10H16N4O4. The Morgan fingerprint density at radius 3 is 2.83 bits per heavy atom. The van der Waals surface area contributed by atoms with E-state index in [-0.39, 0.29) is 11.6 Å². The SMILES string of the molecule is COCCNC(=O)C(C)n1cc(C(=O)OC)nn1. The molecule has 1 rings (SSSR count). The predicted molar refractivity (Wildman–Crippen MR) is 61.0 cm³/mol. The summed E-state index contributed by atoms with van der Waals surface area (Å²) < 4.78 is 10.6. The number of ether oxygens (including phenoxy) is 2. The zero-order chi connectivity index (χ0) is 13.5. The van der Waals surface area contributed by atoms with Gasteiger partial charge in [-0.05, 0) is 6.92 Å². The van der Waals surface area contributed by atoms with Crippen LogP contribution < -0.4 is 5.32 Å². The molecule has 0 bridgehead atoms. The van der Waals surface area contributed by atoms with Crippen LogP contribution in [-0.2, 0) is 14.3 Å². The molecule has 1 N–H and O–H groups in total. The maximum atomic E-state index is 11.7. The van der Waals surface area contributed by atoms with Crippen LogP contribution in [0.25, 0.3) is 0 Å². The van der Waals surface area contributed by atoms with Gasteiger partial charge in [-0.2, -0.15) is 0 Å². The number of aromatic nitrogens is 3. The molecule has 1 aromatic rings. The fourth-order valence-electron chi connectivity index (χ4n) is 1.21. The van der Waals surface area contributed by atoms with Crippen molar-refractivity contribution in [3.05, 3.63) is 11.9 Å². The quantitative estimate of drug-likeness (QED) is 0.539. The van der Waals surface area contributed by atoms with Gasteiger partial charge >= 0.3 is 5.97 Å². The lowest BCUT2D eigenvalue weighted by atomic mass is 10.3. The van der Waals surface area contributed by atoms with E-state index in [2.05, 4.69) is 20.4 Å². The van der Waals surface area contributed by atoms with Crippen LogP contribution in [-0.4, -0.2) is 54.2 Å². The summed E-state index contributed by atoms with van der Waals surface area (Å²) in [6.07, 6.45) is 1.37. The summed E-state index contributed by atoms with van der Waals surface area (Å²) in [6.45, 7) is 2.50. The zero-order valence-electron chi connectivity index (χ0n) is 10.5. The number of amides is 1. The van der Waals surface area contributed by atoms with Crippen LogP contribution in [0.5, 0.6) is 0 Å². The smallest absolute Gasteiger partial charge is 0.360 e. The first-order valence-corrected chi connectivity index (χ1v) is 5.37. The molecule has 0 aromatic carbocycles. The van der Waals surface area contributed by atoms with Crippen molar-refractivity contribution in [3.8, 4) is 0 Å². The molecule has 1 amide bonds. The van der Waals surface area contributed by atoms with Gasteiger partial charge in [-0.25, -0.2) is 9.48 Å². The average molecular weight is 256 g/mol. The van der Waals surface area contributed by atoms with Crippen molar-refractivity contribution < 1.29 is 19.1 Å². The summed E-state index contributed by atoms with van der Waals surface area (Å²) >= 11 is 0. The number of nitrogens with zero attached hydrogens (tertiary/aromatic N) is 3. The van der Waals surface area contributed by atoms with Gasteiger partial charge in [0.25, 0.3) is 0 Å². The maximum Gasteiger partial charge on any atom is 0.360 e. The molecule has 100 valence electrons. The standard InChI is InChI=1S/C10H16N4O4/c1-7(9(15)11-4-5-17-2)14-6-8(12-13-14)10(16)18-3/h6-7H,4-5H2,1-3H3,(H,11,15). The van der Waals surface area contributed by atoms with Crippen LogP contribution in [0, 0.1) is 0 Å². The molecule has 18 heavy (non-hydrogen) atoms. The number of carbonyl (C=O) groups excluding carboxylic acids is 2. The molecule has 1 heterocycles. The first-order chi connectivity index (χ1) is 8.60. The highest BCUT2D eigenvalue weighted by Gasteiger charge is 2.18. The van der Waals surface area contributed by atoms with Crippen molar-refractivity contribution in [1.29, 1.82) is 0 Å². The topological polar surface area (TPSA) is 95.3 Å². The fraction of sp³-hybridized carbons (Fsp3) is 0.600. The lowest BCUT2D eigenvalue weighted by molar-refractivity contribution is -0.124. The molecule has 0 aliphatic rings. The highest BCUT2D eigenvalue weighted by atomic mass is 16.5. The molecule has 0 spiro atoms. The highest BCUT2D eigenvalue weighted by Crippen LogP contribution is 2.05. The van der Waals surface area contributed by atoms with Crippen LogP contribution in [0.4, 0.5) is 0 Å². The van der Waals surface area contributed by atoms with Crippen molar-refractivity contribution in [2.24, 2.45) is 0 Å². The fourth-order valence-corrected chi connectivity index (χ4v) is 1.21. The predicted octanol–water partition coefficient (Wildman–Crippen LogP) is -0.612. The van der Waals surface area contributed by atoms with E-state index in [1.54, 1.807) is 14.0 Å². The minimum atomic E-state index is -0.590. The minimum Gasteiger partial charge on any atom is -0.464 e. The number of hydrogen-bond donors (Lipinski definition) is 1. The Labute approximate surface area is 104 Å². The first kappa shape index (κ1) is 14.1. The number of methoxy groups -OCH3 is 2. The van der Waals surface area contributed by atoms with E-state index >= 15 is 0 Å². The highest BCUT2D eigenvalue weighted by molar-refractivity contribution is 5.86.